The van der Waals surface area contributed by atoms with Crippen molar-refractivity contribution in [3.63, 3.8) is 0 Å². The van der Waals surface area contributed by atoms with Gasteiger partial charge in [-0.15, -0.1) is 0 Å². The second kappa shape index (κ2) is 5.86. The number of ether oxygens (including phenoxy) is 2. The van der Waals surface area contributed by atoms with E-state index in [9.17, 15) is 0 Å². The van der Waals surface area contributed by atoms with Gasteiger partial charge in [0.1, 0.15) is 0 Å². The van der Waals surface area contributed by atoms with E-state index in [1.54, 1.807) is 0 Å². The minimum Gasteiger partial charge on any atom is -0.478 e. The van der Waals surface area contributed by atoms with Gasteiger partial charge in [0.15, 0.2) is 0 Å². The number of morpholine rings is 1. The van der Waals surface area contributed by atoms with E-state index in [-0.39, 0.29) is 0 Å². The van der Waals surface area contributed by atoms with Crippen LogP contribution in [0.4, 0.5) is 0 Å². The molecule has 3 heterocycles. The molecule has 0 spiro atoms. The highest BCUT2D eigenvalue weighted by Gasteiger charge is 2.34. The van der Waals surface area contributed by atoms with Crippen LogP contribution in [-0.4, -0.2) is 54.9 Å². The predicted molar refractivity (Wildman–Crippen MR) is 72.2 cm³/mol. The van der Waals surface area contributed by atoms with Gasteiger partial charge in [-0.3, -0.25) is 4.90 Å². The lowest BCUT2D eigenvalue weighted by molar-refractivity contribution is -0.0689. The molecule has 5 nitrogen and oxygen atoms in total. The van der Waals surface area contributed by atoms with Crippen molar-refractivity contribution in [1.29, 1.82) is 0 Å². The minimum absolute atomic E-state index is 0.485. The second-order valence-electron chi connectivity index (χ2n) is 5.11. The van der Waals surface area contributed by atoms with Crippen molar-refractivity contribution in [2.45, 2.75) is 25.6 Å². The van der Waals surface area contributed by atoms with Crippen LogP contribution in [0.5, 0.6) is 5.88 Å². The normalized spacial score (nSPS) is 27.2. The zero-order valence-corrected chi connectivity index (χ0v) is 11.3. The van der Waals surface area contributed by atoms with Gasteiger partial charge in [0.25, 0.3) is 0 Å². The van der Waals surface area contributed by atoms with Crippen molar-refractivity contribution >= 4 is 0 Å². The summed E-state index contributed by atoms with van der Waals surface area (Å²) in [5.74, 6) is 0.704. The molecule has 0 unspecified atom stereocenters. The van der Waals surface area contributed by atoms with Crippen molar-refractivity contribution in [2.75, 3.05) is 32.9 Å². The largest absolute Gasteiger partial charge is 0.478 e. The van der Waals surface area contributed by atoms with Gasteiger partial charge in [0, 0.05) is 44.0 Å². The number of nitrogens with zero attached hydrogens (tertiary/aromatic N) is 2. The van der Waals surface area contributed by atoms with Crippen molar-refractivity contribution in [1.82, 2.24) is 15.2 Å². The monoisotopic (exact) mass is 263 g/mol. The average molecular weight is 263 g/mol. The molecule has 2 saturated heterocycles. The van der Waals surface area contributed by atoms with Crippen LogP contribution in [0.2, 0.25) is 0 Å². The Labute approximate surface area is 113 Å². The maximum atomic E-state index is 5.64. The zero-order valence-electron chi connectivity index (χ0n) is 11.3. The lowest BCUT2D eigenvalue weighted by Gasteiger charge is -2.46. The summed E-state index contributed by atoms with van der Waals surface area (Å²) in [5, 5.41) is 3.47. The predicted octanol–water partition coefficient (Wildman–Crippen LogP) is 0.653. The van der Waals surface area contributed by atoms with E-state index < -0.39 is 0 Å². The summed E-state index contributed by atoms with van der Waals surface area (Å²) in [6.45, 7) is 7.26. The number of nitrogens with one attached hydrogen (secondary N) is 1. The van der Waals surface area contributed by atoms with Crippen LogP contribution in [0.3, 0.4) is 0 Å². The third kappa shape index (κ3) is 2.88. The molecule has 0 aliphatic carbocycles. The highest BCUT2D eigenvalue weighted by molar-refractivity contribution is 5.18. The molecule has 0 amide bonds. The van der Waals surface area contributed by atoms with Crippen LogP contribution in [0.25, 0.3) is 0 Å². The summed E-state index contributed by atoms with van der Waals surface area (Å²) in [6, 6.07) is 5.03. The first-order valence-electron chi connectivity index (χ1n) is 6.98. The molecule has 2 fully saturated rings. The molecule has 1 aromatic rings. The Bertz CT molecular complexity index is 388. The summed E-state index contributed by atoms with van der Waals surface area (Å²) >= 11 is 0. The standard InChI is InChI=1S/C14H21N3O2/c1-2-19-14-4-3-11(5-16-14)8-17-12-6-15-7-13(17)10-18-9-12/h3-5,12-13,15H,2,6-10H2,1H3/t12-,13+. The Morgan fingerprint density at radius 1 is 1.37 bits per heavy atom. The van der Waals surface area contributed by atoms with Crippen LogP contribution in [0.1, 0.15) is 12.5 Å². The number of pyridine rings is 1. The average Bonchev–Trinajstić information content (AvgIpc) is 2.41. The summed E-state index contributed by atoms with van der Waals surface area (Å²) in [4.78, 5) is 6.87. The first-order chi connectivity index (χ1) is 9.36. The Kier molecular flexibility index (Phi) is 3.96. The summed E-state index contributed by atoms with van der Waals surface area (Å²) < 4.78 is 11.0. The molecule has 2 aliphatic heterocycles. The van der Waals surface area contributed by atoms with E-state index in [2.05, 4.69) is 21.3 Å². The minimum atomic E-state index is 0.485. The zero-order chi connectivity index (χ0) is 13.1. The van der Waals surface area contributed by atoms with E-state index in [0.29, 0.717) is 24.6 Å². The third-order valence-corrected chi connectivity index (χ3v) is 3.77. The number of hydrogen-bond donors (Lipinski definition) is 1. The van der Waals surface area contributed by atoms with Crippen molar-refractivity contribution in [2.24, 2.45) is 0 Å². The first kappa shape index (κ1) is 12.8. The Morgan fingerprint density at radius 2 is 2.16 bits per heavy atom. The maximum absolute atomic E-state index is 5.64. The van der Waals surface area contributed by atoms with E-state index in [1.807, 2.05) is 19.2 Å². The fourth-order valence-electron chi connectivity index (χ4n) is 2.81. The SMILES string of the molecule is CCOc1ccc(CN2[C@@H]3CNC[C@H]2COC3)cn1. The number of rotatable bonds is 4. The number of fused-ring (bicyclic) bond motifs is 2. The second-order valence-corrected chi connectivity index (χ2v) is 5.11. The summed E-state index contributed by atoms with van der Waals surface area (Å²) in [6.07, 6.45) is 1.92. The van der Waals surface area contributed by atoms with Gasteiger partial charge >= 0.3 is 0 Å². The summed E-state index contributed by atoms with van der Waals surface area (Å²) in [5.41, 5.74) is 1.24. The van der Waals surface area contributed by atoms with Gasteiger partial charge in [-0.2, -0.15) is 0 Å². The quantitative estimate of drug-likeness (QED) is 0.864. The molecule has 19 heavy (non-hydrogen) atoms. The van der Waals surface area contributed by atoms with Crippen LogP contribution in [-0.2, 0) is 11.3 Å². The number of hydrogen-bond acceptors (Lipinski definition) is 5. The van der Waals surface area contributed by atoms with E-state index in [0.717, 1.165) is 32.8 Å². The lowest BCUT2D eigenvalue weighted by Crippen LogP contribution is -2.63. The molecule has 0 saturated carbocycles. The van der Waals surface area contributed by atoms with Crippen LogP contribution in [0, 0.1) is 0 Å². The molecule has 2 atom stereocenters. The maximum Gasteiger partial charge on any atom is 0.213 e. The van der Waals surface area contributed by atoms with Crippen molar-refractivity contribution < 1.29 is 9.47 Å². The highest BCUT2D eigenvalue weighted by atomic mass is 16.5. The summed E-state index contributed by atoms with van der Waals surface area (Å²) in [7, 11) is 0. The molecule has 0 radical (unpaired) electrons. The fourth-order valence-corrected chi connectivity index (χ4v) is 2.81. The topological polar surface area (TPSA) is 46.6 Å². The fraction of sp³-hybridized carbons (Fsp3) is 0.643. The molecule has 2 aliphatic rings. The van der Waals surface area contributed by atoms with Gasteiger partial charge in [-0.25, -0.2) is 4.98 Å². The third-order valence-electron chi connectivity index (χ3n) is 3.77. The molecule has 1 aromatic heterocycles. The van der Waals surface area contributed by atoms with Gasteiger partial charge in [0.05, 0.1) is 19.8 Å². The Morgan fingerprint density at radius 3 is 2.79 bits per heavy atom. The van der Waals surface area contributed by atoms with Crippen molar-refractivity contribution in [3.05, 3.63) is 23.9 Å². The van der Waals surface area contributed by atoms with Gasteiger partial charge < -0.3 is 14.8 Å². The number of piperazine rings is 1. The van der Waals surface area contributed by atoms with Gasteiger partial charge in [0.2, 0.25) is 5.88 Å². The molecule has 5 heteroatoms. The smallest absolute Gasteiger partial charge is 0.213 e. The lowest BCUT2D eigenvalue weighted by atomic mass is 10.1. The number of aromatic nitrogens is 1. The Hall–Kier alpha value is -1.17. The molecule has 1 N–H and O–H groups in total. The molecular formula is C14H21N3O2. The first-order valence-corrected chi connectivity index (χ1v) is 6.98. The molecule has 2 bridgehead atoms. The van der Waals surface area contributed by atoms with Gasteiger partial charge in [-0.1, -0.05) is 6.07 Å². The Balaban J connectivity index is 1.66. The molecule has 3 rings (SSSR count). The van der Waals surface area contributed by atoms with Crippen LogP contribution in [0.15, 0.2) is 18.3 Å². The van der Waals surface area contributed by atoms with Crippen LogP contribution < -0.4 is 10.1 Å². The van der Waals surface area contributed by atoms with E-state index >= 15 is 0 Å². The van der Waals surface area contributed by atoms with Crippen molar-refractivity contribution in [3.8, 4) is 5.88 Å². The van der Waals surface area contributed by atoms with Gasteiger partial charge in [-0.05, 0) is 12.5 Å². The van der Waals surface area contributed by atoms with E-state index in [1.165, 1.54) is 5.56 Å². The highest BCUT2D eigenvalue weighted by Crippen LogP contribution is 2.20. The van der Waals surface area contributed by atoms with Crippen LogP contribution >= 0.6 is 0 Å². The molecular weight excluding hydrogens is 242 g/mol. The molecule has 104 valence electrons. The molecule has 0 aromatic carbocycles. The van der Waals surface area contributed by atoms with E-state index in [4.69, 9.17) is 9.47 Å².